The van der Waals surface area contributed by atoms with Crippen molar-refractivity contribution in [3.8, 4) is 0 Å². The summed E-state index contributed by atoms with van der Waals surface area (Å²) >= 11 is 0. The minimum Gasteiger partial charge on any atom is -0.396 e. The van der Waals surface area contributed by atoms with Crippen LogP contribution in [-0.2, 0) is 27.9 Å². The molecule has 0 unspecified atom stereocenters. The van der Waals surface area contributed by atoms with Gasteiger partial charge in [0.25, 0.3) is 5.56 Å². The van der Waals surface area contributed by atoms with Gasteiger partial charge in [-0.05, 0) is 24.6 Å². The first-order chi connectivity index (χ1) is 15.3. The minimum atomic E-state index is -3.70. The Labute approximate surface area is 187 Å². The number of allylic oxidation sites excluding steroid dienone is 1. The number of fused-ring (bicyclic) bond motifs is 4. The Kier molecular flexibility index (Phi) is 6.07. The Bertz CT molecular complexity index is 1210. The van der Waals surface area contributed by atoms with Gasteiger partial charge >= 0.3 is 0 Å². The van der Waals surface area contributed by atoms with Gasteiger partial charge in [-0.25, -0.2) is 8.42 Å². The number of sulfonamides is 1. The summed E-state index contributed by atoms with van der Waals surface area (Å²) in [6, 6.07) is 11.2. The number of pyridine rings is 1. The molecule has 1 aromatic carbocycles. The van der Waals surface area contributed by atoms with Crippen molar-refractivity contribution in [2.75, 3.05) is 12.9 Å². The van der Waals surface area contributed by atoms with Gasteiger partial charge in [0.2, 0.25) is 15.9 Å². The van der Waals surface area contributed by atoms with Crippen molar-refractivity contribution in [2.24, 2.45) is 11.8 Å². The molecule has 0 saturated carbocycles. The largest absolute Gasteiger partial charge is 0.396 e. The fourth-order valence-corrected chi connectivity index (χ4v) is 6.40. The van der Waals surface area contributed by atoms with Crippen LogP contribution < -0.4 is 10.9 Å². The highest BCUT2D eigenvalue weighted by molar-refractivity contribution is 7.88. The molecule has 2 bridgehead atoms. The van der Waals surface area contributed by atoms with Crippen molar-refractivity contribution in [3.05, 3.63) is 75.7 Å². The van der Waals surface area contributed by atoms with E-state index in [4.69, 9.17) is 0 Å². The maximum atomic E-state index is 13.3. The Morgan fingerprint density at radius 1 is 1.22 bits per heavy atom. The van der Waals surface area contributed by atoms with E-state index in [2.05, 4.69) is 5.32 Å². The highest BCUT2D eigenvalue weighted by Crippen LogP contribution is 2.49. The molecule has 2 aromatic rings. The van der Waals surface area contributed by atoms with E-state index in [1.54, 1.807) is 28.9 Å². The van der Waals surface area contributed by atoms with Crippen molar-refractivity contribution in [1.29, 1.82) is 0 Å². The molecule has 170 valence electrons. The third-order valence-electron chi connectivity index (χ3n) is 6.36. The standard InChI is InChI=1S/C23H27N3O5S/c1-3-7-16-10-11-18-21-20(22(28)24-12-15-8-5-4-6-9-15)17(14-27)19(13-25(18)23(16)29)26(21)32(2,30)31/h3-11,17,19-21,27H,12-14H2,1-2H3,(H,24,28)/b7-3+/t17-,19-,20+,21+/m1/s1. The van der Waals surface area contributed by atoms with E-state index in [1.165, 1.54) is 4.31 Å². The maximum Gasteiger partial charge on any atom is 0.258 e. The van der Waals surface area contributed by atoms with Crippen LogP contribution in [0, 0.1) is 11.8 Å². The van der Waals surface area contributed by atoms with Crippen molar-refractivity contribution in [1.82, 2.24) is 14.2 Å². The summed E-state index contributed by atoms with van der Waals surface area (Å²) in [5.41, 5.74) is 1.65. The quantitative estimate of drug-likeness (QED) is 0.676. The van der Waals surface area contributed by atoms with E-state index in [0.717, 1.165) is 11.8 Å². The molecule has 1 aromatic heterocycles. The van der Waals surface area contributed by atoms with Gasteiger partial charge in [0, 0.05) is 42.9 Å². The fourth-order valence-electron chi connectivity index (χ4n) is 5.03. The van der Waals surface area contributed by atoms with Crippen LogP contribution in [0.2, 0.25) is 0 Å². The molecule has 1 saturated heterocycles. The van der Waals surface area contributed by atoms with Gasteiger partial charge in [-0.15, -0.1) is 0 Å². The predicted octanol–water partition coefficient (Wildman–Crippen LogP) is 1.12. The van der Waals surface area contributed by atoms with Crippen LogP contribution in [0.4, 0.5) is 0 Å². The molecule has 9 heteroatoms. The molecule has 2 N–H and O–H groups in total. The van der Waals surface area contributed by atoms with Crippen molar-refractivity contribution >= 4 is 22.0 Å². The summed E-state index contributed by atoms with van der Waals surface area (Å²) in [5, 5.41) is 13.1. The molecular weight excluding hydrogens is 430 g/mol. The highest BCUT2D eigenvalue weighted by atomic mass is 32.2. The van der Waals surface area contributed by atoms with Crippen molar-refractivity contribution in [2.45, 2.75) is 32.1 Å². The van der Waals surface area contributed by atoms with E-state index in [-0.39, 0.29) is 31.2 Å². The van der Waals surface area contributed by atoms with Crippen LogP contribution in [0.1, 0.15) is 29.8 Å². The first-order valence-corrected chi connectivity index (χ1v) is 12.4. The number of nitrogens with zero attached hydrogens (tertiary/aromatic N) is 2. The number of rotatable bonds is 6. The third-order valence-corrected chi connectivity index (χ3v) is 7.62. The maximum absolute atomic E-state index is 13.3. The zero-order valence-electron chi connectivity index (χ0n) is 18.0. The van der Waals surface area contributed by atoms with Crippen molar-refractivity contribution < 1.29 is 18.3 Å². The zero-order chi connectivity index (χ0) is 23.0. The highest BCUT2D eigenvalue weighted by Gasteiger charge is 2.58. The van der Waals surface area contributed by atoms with Gasteiger partial charge in [0.1, 0.15) is 0 Å². The molecule has 4 rings (SSSR count). The van der Waals surface area contributed by atoms with E-state index < -0.39 is 33.9 Å². The number of hydrogen-bond acceptors (Lipinski definition) is 5. The molecule has 4 atom stereocenters. The summed E-state index contributed by atoms with van der Waals surface area (Å²) in [5.74, 6) is -1.79. The topological polar surface area (TPSA) is 109 Å². The monoisotopic (exact) mass is 457 g/mol. The Morgan fingerprint density at radius 2 is 1.94 bits per heavy atom. The number of amides is 1. The van der Waals surface area contributed by atoms with Gasteiger partial charge in [-0.3, -0.25) is 9.59 Å². The van der Waals surface area contributed by atoms with Gasteiger partial charge < -0.3 is 15.0 Å². The Hall–Kier alpha value is -2.75. The number of carbonyl (C=O) groups is 1. The second-order valence-electron chi connectivity index (χ2n) is 8.31. The number of aliphatic hydroxyl groups excluding tert-OH is 1. The van der Waals surface area contributed by atoms with Gasteiger partial charge in [0.05, 0.1) is 18.2 Å². The average Bonchev–Trinajstić information content (AvgIpc) is 3.03. The average molecular weight is 458 g/mol. The minimum absolute atomic E-state index is 0.0941. The summed E-state index contributed by atoms with van der Waals surface area (Å²) in [4.78, 5) is 26.4. The van der Waals surface area contributed by atoms with Crippen LogP contribution in [-0.4, -0.2) is 47.2 Å². The number of nitrogens with one attached hydrogen (secondary N) is 1. The van der Waals surface area contributed by atoms with Crippen molar-refractivity contribution in [3.63, 3.8) is 0 Å². The van der Waals surface area contributed by atoms with Gasteiger partial charge in [-0.1, -0.05) is 42.5 Å². The second kappa shape index (κ2) is 8.65. The Morgan fingerprint density at radius 3 is 2.56 bits per heavy atom. The number of aliphatic hydroxyl groups is 1. The van der Waals surface area contributed by atoms with Gasteiger partial charge in [-0.2, -0.15) is 4.31 Å². The molecular formula is C23H27N3O5S. The number of hydrogen-bond donors (Lipinski definition) is 2. The van der Waals surface area contributed by atoms with Crippen LogP contribution >= 0.6 is 0 Å². The lowest BCUT2D eigenvalue weighted by molar-refractivity contribution is -0.127. The van der Waals surface area contributed by atoms with E-state index in [9.17, 15) is 23.1 Å². The van der Waals surface area contributed by atoms with Crippen LogP contribution in [0.3, 0.4) is 0 Å². The summed E-state index contributed by atoms with van der Waals surface area (Å²) in [6.07, 6.45) is 4.57. The molecule has 0 radical (unpaired) electrons. The molecule has 32 heavy (non-hydrogen) atoms. The zero-order valence-corrected chi connectivity index (χ0v) is 18.8. The lowest BCUT2D eigenvalue weighted by atomic mass is 9.86. The molecule has 2 aliphatic rings. The summed E-state index contributed by atoms with van der Waals surface area (Å²) in [7, 11) is -3.70. The van der Waals surface area contributed by atoms with Crippen LogP contribution in [0.5, 0.6) is 0 Å². The smallest absolute Gasteiger partial charge is 0.258 e. The molecule has 2 aliphatic heterocycles. The molecule has 0 aliphatic carbocycles. The van der Waals surface area contributed by atoms with E-state index in [1.807, 2.05) is 37.3 Å². The lowest BCUT2D eigenvalue weighted by Crippen LogP contribution is -2.48. The number of carbonyl (C=O) groups excluding carboxylic acids is 1. The predicted molar refractivity (Wildman–Crippen MR) is 121 cm³/mol. The van der Waals surface area contributed by atoms with Gasteiger partial charge in [0.15, 0.2) is 0 Å². The van der Waals surface area contributed by atoms with Crippen LogP contribution in [0.25, 0.3) is 6.08 Å². The normalized spacial score (nSPS) is 25.1. The molecule has 3 heterocycles. The second-order valence-corrected chi connectivity index (χ2v) is 10.2. The number of benzene rings is 1. The first-order valence-electron chi connectivity index (χ1n) is 10.6. The molecule has 1 fully saturated rings. The summed E-state index contributed by atoms with van der Waals surface area (Å²) < 4.78 is 28.3. The molecule has 1 amide bonds. The lowest BCUT2D eigenvalue weighted by Gasteiger charge is -2.36. The SMILES string of the molecule is C/C=C/c1ccc2n(c1=O)C[C@@H]1[C@@H](CO)[C@H](C(=O)NCc3ccccc3)[C@H]2N1S(C)(=O)=O. The molecule has 0 spiro atoms. The Balaban J connectivity index is 1.77. The third kappa shape index (κ3) is 3.80. The van der Waals surface area contributed by atoms with E-state index in [0.29, 0.717) is 11.3 Å². The van der Waals surface area contributed by atoms with Crippen LogP contribution in [0.15, 0.2) is 53.3 Å². The summed E-state index contributed by atoms with van der Waals surface area (Å²) in [6.45, 7) is 1.84. The first kappa shape index (κ1) is 22.4. The van der Waals surface area contributed by atoms with E-state index >= 15 is 0 Å². The number of aromatic nitrogens is 1. The fraction of sp³-hybridized carbons (Fsp3) is 0.391. The molecule has 8 nitrogen and oxygen atoms in total.